The van der Waals surface area contributed by atoms with Gasteiger partial charge in [0, 0.05) is 12.6 Å². The third kappa shape index (κ3) is 2.13. The Morgan fingerprint density at radius 2 is 2.29 bits per heavy atom. The number of rotatable bonds is 3. The Kier molecular flexibility index (Phi) is 3.33. The number of fused-ring (bicyclic) bond motifs is 1. The van der Waals surface area contributed by atoms with E-state index in [1.54, 1.807) is 4.90 Å². The van der Waals surface area contributed by atoms with Gasteiger partial charge in [-0.3, -0.25) is 4.79 Å². The molecule has 0 saturated heterocycles. The van der Waals surface area contributed by atoms with Gasteiger partial charge in [-0.2, -0.15) is 0 Å². The zero-order valence-electron chi connectivity index (χ0n) is 10.3. The normalized spacial score (nSPS) is 16.4. The van der Waals surface area contributed by atoms with Gasteiger partial charge in [-0.05, 0) is 31.0 Å². The monoisotopic (exact) mass is 234 g/mol. The fraction of sp³-hybridized carbons (Fsp3) is 0.462. The van der Waals surface area contributed by atoms with Gasteiger partial charge in [0.1, 0.15) is 5.75 Å². The molecule has 4 heteroatoms. The van der Waals surface area contributed by atoms with Crippen molar-refractivity contribution in [2.75, 3.05) is 18.1 Å². The van der Waals surface area contributed by atoms with Gasteiger partial charge < -0.3 is 15.4 Å². The van der Waals surface area contributed by atoms with Gasteiger partial charge in [0.05, 0.1) is 5.69 Å². The summed E-state index contributed by atoms with van der Waals surface area (Å²) in [5, 5.41) is 0. The van der Waals surface area contributed by atoms with Crippen LogP contribution in [-0.2, 0) is 11.2 Å². The lowest BCUT2D eigenvalue weighted by atomic mass is 10.1. The van der Waals surface area contributed by atoms with Crippen LogP contribution in [0.2, 0.25) is 0 Å². The topological polar surface area (TPSA) is 55.6 Å². The Morgan fingerprint density at radius 1 is 1.53 bits per heavy atom. The van der Waals surface area contributed by atoms with E-state index in [1.807, 2.05) is 25.1 Å². The van der Waals surface area contributed by atoms with Crippen molar-refractivity contribution in [1.82, 2.24) is 0 Å². The highest BCUT2D eigenvalue weighted by Crippen LogP contribution is 2.34. The molecule has 2 rings (SSSR count). The predicted octanol–water partition coefficient (Wildman–Crippen LogP) is 1.32. The van der Waals surface area contributed by atoms with Crippen LogP contribution in [-0.4, -0.2) is 25.1 Å². The summed E-state index contributed by atoms with van der Waals surface area (Å²) in [6, 6.07) is 5.97. The highest BCUT2D eigenvalue weighted by molar-refractivity contribution is 5.98. The van der Waals surface area contributed by atoms with E-state index in [0.717, 1.165) is 17.9 Å². The number of benzene rings is 1. The number of nitrogens with zero attached hydrogens (tertiary/aromatic N) is 1. The van der Waals surface area contributed by atoms with Crippen LogP contribution in [0.5, 0.6) is 5.75 Å². The van der Waals surface area contributed by atoms with Crippen LogP contribution in [0.3, 0.4) is 0 Å². The van der Waals surface area contributed by atoms with E-state index in [1.165, 1.54) is 5.56 Å². The molecule has 1 heterocycles. The van der Waals surface area contributed by atoms with Crippen molar-refractivity contribution in [1.29, 1.82) is 0 Å². The van der Waals surface area contributed by atoms with Crippen molar-refractivity contribution in [3.05, 3.63) is 23.8 Å². The quantitative estimate of drug-likeness (QED) is 0.858. The number of hydrogen-bond donors (Lipinski definition) is 1. The Bertz CT molecular complexity index is 431. The maximum absolute atomic E-state index is 11.9. The number of aryl methyl sites for hydroxylation is 1. The molecule has 0 aromatic heterocycles. The van der Waals surface area contributed by atoms with E-state index in [2.05, 4.69) is 6.92 Å². The Labute approximate surface area is 101 Å². The first-order valence-corrected chi connectivity index (χ1v) is 5.95. The molecule has 0 spiro atoms. The van der Waals surface area contributed by atoms with Gasteiger partial charge in [0.15, 0.2) is 6.61 Å². The second-order valence-electron chi connectivity index (χ2n) is 4.29. The maximum atomic E-state index is 11.9. The highest BCUT2D eigenvalue weighted by Gasteiger charge is 2.28. The standard InChI is InChI=1S/C13H18N2O2/c1-3-10-4-5-12-11(6-10)15(9(2)7-14)13(16)8-17-12/h4-6,9H,3,7-8,14H2,1-2H3. The molecule has 0 bridgehead atoms. The Hall–Kier alpha value is -1.55. The van der Waals surface area contributed by atoms with E-state index in [-0.39, 0.29) is 18.6 Å². The van der Waals surface area contributed by atoms with E-state index < -0.39 is 0 Å². The molecule has 2 N–H and O–H groups in total. The molecular formula is C13H18N2O2. The molecule has 1 atom stereocenters. The smallest absolute Gasteiger partial charge is 0.265 e. The lowest BCUT2D eigenvalue weighted by molar-refractivity contribution is -0.121. The van der Waals surface area contributed by atoms with E-state index in [4.69, 9.17) is 10.5 Å². The third-order valence-electron chi connectivity index (χ3n) is 3.09. The van der Waals surface area contributed by atoms with Crippen LogP contribution in [0.4, 0.5) is 5.69 Å². The van der Waals surface area contributed by atoms with Crippen molar-refractivity contribution in [3.63, 3.8) is 0 Å². The van der Waals surface area contributed by atoms with Crippen LogP contribution >= 0.6 is 0 Å². The van der Waals surface area contributed by atoms with E-state index >= 15 is 0 Å². The molecule has 0 fully saturated rings. The molecule has 1 aromatic carbocycles. The Balaban J connectivity index is 2.45. The number of anilines is 1. The van der Waals surface area contributed by atoms with Gasteiger partial charge in [-0.1, -0.05) is 13.0 Å². The maximum Gasteiger partial charge on any atom is 0.265 e. The van der Waals surface area contributed by atoms with E-state index in [0.29, 0.717) is 6.54 Å². The van der Waals surface area contributed by atoms with Crippen molar-refractivity contribution in [2.45, 2.75) is 26.3 Å². The van der Waals surface area contributed by atoms with Gasteiger partial charge >= 0.3 is 0 Å². The lowest BCUT2D eigenvalue weighted by Gasteiger charge is -2.33. The summed E-state index contributed by atoms with van der Waals surface area (Å²) >= 11 is 0. The third-order valence-corrected chi connectivity index (χ3v) is 3.09. The first-order valence-electron chi connectivity index (χ1n) is 5.95. The fourth-order valence-corrected chi connectivity index (χ4v) is 2.03. The van der Waals surface area contributed by atoms with Crippen LogP contribution in [0.25, 0.3) is 0 Å². The molecular weight excluding hydrogens is 216 g/mol. The molecule has 1 amide bonds. The summed E-state index contributed by atoms with van der Waals surface area (Å²) in [6.45, 7) is 4.58. The van der Waals surface area contributed by atoms with E-state index in [9.17, 15) is 4.79 Å². The number of amides is 1. The summed E-state index contributed by atoms with van der Waals surface area (Å²) in [6.07, 6.45) is 0.937. The van der Waals surface area contributed by atoms with Crippen LogP contribution in [0.15, 0.2) is 18.2 Å². The SMILES string of the molecule is CCc1ccc2c(c1)N(C(C)CN)C(=O)CO2. The summed E-state index contributed by atoms with van der Waals surface area (Å²) in [5.74, 6) is 0.741. The number of carbonyl (C=O) groups is 1. The number of carbonyl (C=O) groups excluding carboxylic acids is 1. The molecule has 17 heavy (non-hydrogen) atoms. The fourth-order valence-electron chi connectivity index (χ4n) is 2.03. The summed E-state index contributed by atoms with van der Waals surface area (Å²) < 4.78 is 5.43. The first-order chi connectivity index (χ1) is 8.17. The molecule has 1 aliphatic heterocycles. The minimum Gasteiger partial charge on any atom is -0.482 e. The molecule has 92 valence electrons. The zero-order chi connectivity index (χ0) is 12.4. The van der Waals surface area contributed by atoms with Gasteiger partial charge in [-0.25, -0.2) is 0 Å². The summed E-state index contributed by atoms with van der Waals surface area (Å²) in [4.78, 5) is 13.7. The lowest BCUT2D eigenvalue weighted by Crippen LogP contribution is -2.47. The zero-order valence-corrected chi connectivity index (χ0v) is 10.3. The van der Waals surface area contributed by atoms with Crippen LogP contribution in [0, 0.1) is 0 Å². The van der Waals surface area contributed by atoms with Crippen LogP contribution < -0.4 is 15.4 Å². The average molecular weight is 234 g/mol. The Morgan fingerprint density at radius 3 is 2.94 bits per heavy atom. The predicted molar refractivity (Wildman–Crippen MR) is 67.3 cm³/mol. The van der Waals surface area contributed by atoms with Gasteiger partial charge in [-0.15, -0.1) is 0 Å². The number of nitrogens with two attached hydrogens (primary N) is 1. The molecule has 1 aliphatic rings. The van der Waals surface area contributed by atoms with Gasteiger partial charge in [0.2, 0.25) is 0 Å². The average Bonchev–Trinajstić information content (AvgIpc) is 2.37. The molecule has 0 saturated carbocycles. The molecule has 1 unspecified atom stereocenters. The molecule has 0 radical (unpaired) electrons. The molecule has 4 nitrogen and oxygen atoms in total. The van der Waals surface area contributed by atoms with Crippen molar-refractivity contribution >= 4 is 11.6 Å². The van der Waals surface area contributed by atoms with Crippen molar-refractivity contribution in [3.8, 4) is 5.75 Å². The van der Waals surface area contributed by atoms with Gasteiger partial charge in [0.25, 0.3) is 5.91 Å². The number of hydrogen-bond acceptors (Lipinski definition) is 3. The minimum absolute atomic E-state index is 0.00254. The highest BCUT2D eigenvalue weighted by atomic mass is 16.5. The second kappa shape index (κ2) is 4.75. The van der Waals surface area contributed by atoms with Crippen LogP contribution in [0.1, 0.15) is 19.4 Å². The second-order valence-corrected chi connectivity index (χ2v) is 4.29. The summed E-state index contributed by atoms with van der Waals surface area (Å²) in [7, 11) is 0. The van der Waals surface area contributed by atoms with Crippen molar-refractivity contribution < 1.29 is 9.53 Å². The largest absolute Gasteiger partial charge is 0.482 e. The molecule has 0 aliphatic carbocycles. The number of ether oxygens (including phenoxy) is 1. The van der Waals surface area contributed by atoms with Crippen molar-refractivity contribution in [2.24, 2.45) is 5.73 Å². The molecule has 1 aromatic rings. The minimum atomic E-state index is -0.0243. The summed E-state index contributed by atoms with van der Waals surface area (Å²) in [5.41, 5.74) is 7.69. The first kappa shape index (κ1) is 11.9.